The lowest BCUT2D eigenvalue weighted by molar-refractivity contribution is 0.642. The zero-order valence-electron chi connectivity index (χ0n) is 9.12. The van der Waals surface area contributed by atoms with Gasteiger partial charge in [0.1, 0.15) is 0 Å². The van der Waals surface area contributed by atoms with E-state index >= 15 is 0 Å². The van der Waals surface area contributed by atoms with Crippen molar-refractivity contribution in [3.63, 3.8) is 0 Å². The van der Waals surface area contributed by atoms with Crippen LogP contribution in [0.1, 0.15) is 26.3 Å². The van der Waals surface area contributed by atoms with Gasteiger partial charge in [-0.3, -0.25) is 0 Å². The minimum absolute atomic E-state index is 0.524. The van der Waals surface area contributed by atoms with E-state index in [1.54, 1.807) is 23.9 Å². The van der Waals surface area contributed by atoms with Crippen molar-refractivity contribution in [1.29, 1.82) is 5.26 Å². The summed E-state index contributed by atoms with van der Waals surface area (Å²) >= 11 is 7.84. The van der Waals surface area contributed by atoms with Crippen LogP contribution in [0.25, 0.3) is 0 Å². The molecule has 1 aromatic rings. The third-order valence-electron chi connectivity index (χ3n) is 2.31. The lowest BCUT2D eigenvalue weighted by Crippen LogP contribution is -2.05. The largest absolute Gasteiger partial charge is 0.192 e. The molecule has 1 atom stereocenters. The first-order valence-corrected chi connectivity index (χ1v) is 6.16. The summed E-state index contributed by atoms with van der Waals surface area (Å²) in [6.07, 6.45) is 0. The maximum absolute atomic E-state index is 8.71. The Kier molecular flexibility index (Phi) is 4.50. The first kappa shape index (κ1) is 12.4. The Hall–Kier alpha value is -0.650. The van der Waals surface area contributed by atoms with Crippen LogP contribution >= 0.6 is 23.4 Å². The number of rotatable bonds is 3. The molecule has 0 radical (unpaired) electrons. The Morgan fingerprint density at radius 2 is 2.00 bits per heavy atom. The SMILES string of the molecule is CC(C)C(C)Sc1ccc(C#N)cc1Cl. The standard InChI is InChI=1S/C12H14ClNS/c1-8(2)9(3)15-12-5-4-10(7-14)6-11(12)13/h4-6,8-9H,1-3H3. The van der Waals surface area contributed by atoms with Crippen LogP contribution in [-0.4, -0.2) is 5.25 Å². The van der Waals surface area contributed by atoms with Crippen molar-refractivity contribution in [2.45, 2.75) is 30.9 Å². The van der Waals surface area contributed by atoms with Crippen molar-refractivity contribution in [3.8, 4) is 6.07 Å². The van der Waals surface area contributed by atoms with E-state index in [-0.39, 0.29) is 0 Å². The zero-order chi connectivity index (χ0) is 11.4. The Bertz CT molecular complexity index is 382. The molecular formula is C12H14ClNS. The molecule has 0 aliphatic heterocycles. The quantitative estimate of drug-likeness (QED) is 0.733. The number of thioether (sulfide) groups is 1. The lowest BCUT2D eigenvalue weighted by Gasteiger charge is -2.15. The average molecular weight is 240 g/mol. The van der Waals surface area contributed by atoms with E-state index in [9.17, 15) is 0 Å². The third kappa shape index (κ3) is 3.44. The molecule has 0 aliphatic rings. The molecule has 0 spiro atoms. The van der Waals surface area contributed by atoms with Crippen molar-refractivity contribution < 1.29 is 0 Å². The Balaban J connectivity index is 2.84. The third-order valence-corrected chi connectivity index (χ3v) is 4.26. The van der Waals surface area contributed by atoms with Crippen molar-refractivity contribution in [3.05, 3.63) is 28.8 Å². The molecule has 3 heteroatoms. The maximum atomic E-state index is 8.71. The van der Waals surface area contributed by atoms with E-state index in [1.807, 2.05) is 6.07 Å². The van der Waals surface area contributed by atoms with Crippen molar-refractivity contribution in [2.24, 2.45) is 5.92 Å². The van der Waals surface area contributed by atoms with E-state index in [4.69, 9.17) is 16.9 Å². The molecule has 80 valence electrons. The van der Waals surface area contributed by atoms with Crippen molar-refractivity contribution >= 4 is 23.4 Å². The van der Waals surface area contributed by atoms with Crippen LogP contribution in [0.2, 0.25) is 5.02 Å². The molecule has 0 saturated carbocycles. The van der Waals surface area contributed by atoms with Crippen LogP contribution in [-0.2, 0) is 0 Å². The molecular weight excluding hydrogens is 226 g/mol. The first-order chi connectivity index (χ1) is 7.04. The van der Waals surface area contributed by atoms with Crippen molar-refractivity contribution in [1.82, 2.24) is 0 Å². The van der Waals surface area contributed by atoms with Gasteiger partial charge in [-0.25, -0.2) is 0 Å². The zero-order valence-corrected chi connectivity index (χ0v) is 10.7. The summed E-state index contributed by atoms with van der Waals surface area (Å²) in [7, 11) is 0. The number of hydrogen-bond acceptors (Lipinski definition) is 2. The fraction of sp³-hybridized carbons (Fsp3) is 0.417. The van der Waals surface area contributed by atoms with Crippen LogP contribution in [0, 0.1) is 17.2 Å². The monoisotopic (exact) mass is 239 g/mol. The van der Waals surface area contributed by atoms with Gasteiger partial charge in [0.05, 0.1) is 16.7 Å². The minimum atomic E-state index is 0.524. The van der Waals surface area contributed by atoms with Gasteiger partial charge in [-0.1, -0.05) is 32.4 Å². The highest BCUT2D eigenvalue weighted by molar-refractivity contribution is 8.00. The Morgan fingerprint density at radius 1 is 1.33 bits per heavy atom. The highest BCUT2D eigenvalue weighted by Crippen LogP contribution is 2.33. The van der Waals surface area contributed by atoms with Gasteiger partial charge in [0.15, 0.2) is 0 Å². The molecule has 1 aromatic carbocycles. The van der Waals surface area contributed by atoms with Crippen LogP contribution in [0.4, 0.5) is 0 Å². The van der Waals surface area contributed by atoms with E-state index in [1.165, 1.54) is 0 Å². The number of benzene rings is 1. The minimum Gasteiger partial charge on any atom is -0.192 e. The molecule has 0 heterocycles. The molecule has 0 bridgehead atoms. The molecule has 1 nitrogen and oxygen atoms in total. The summed E-state index contributed by atoms with van der Waals surface area (Å²) in [6, 6.07) is 7.52. The Morgan fingerprint density at radius 3 is 2.47 bits per heavy atom. The van der Waals surface area contributed by atoms with Crippen LogP contribution in [0.5, 0.6) is 0 Å². The topological polar surface area (TPSA) is 23.8 Å². The maximum Gasteiger partial charge on any atom is 0.0992 e. The van der Waals surface area contributed by atoms with Gasteiger partial charge in [0.25, 0.3) is 0 Å². The number of nitriles is 1. The summed E-state index contributed by atoms with van der Waals surface area (Å²) in [5.41, 5.74) is 0.613. The number of halogens is 1. The second kappa shape index (κ2) is 5.44. The molecule has 0 fully saturated rings. The second-order valence-electron chi connectivity index (χ2n) is 3.82. The van der Waals surface area contributed by atoms with Gasteiger partial charge in [0, 0.05) is 10.1 Å². The molecule has 1 unspecified atom stereocenters. The fourth-order valence-corrected chi connectivity index (χ4v) is 2.31. The molecule has 15 heavy (non-hydrogen) atoms. The molecule has 0 amide bonds. The highest BCUT2D eigenvalue weighted by atomic mass is 35.5. The first-order valence-electron chi connectivity index (χ1n) is 4.91. The van der Waals surface area contributed by atoms with Gasteiger partial charge in [-0.2, -0.15) is 5.26 Å². The van der Waals surface area contributed by atoms with Gasteiger partial charge in [0.2, 0.25) is 0 Å². The smallest absolute Gasteiger partial charge is 0.0992 e. The van der Waals surface area contributed by atoms with E-state index < -0.39 is 0 Å². The molecule has 0 N–H and O–H groups in total. The van der Waals surface area contributed by atoms with Gasteiger partial charge in [-0.05, 0) is 24.1 Å². The molecule has 1 rings (SSSR count). The van der Waals surface area contributed by atoms with E-state index in [2.05, 4.69) is 26.8 Å². The van der Waals surface area contributed by atoms with Gasteiger partial charge >= 0.3 is 0 Å². The van der Waals surface area contributed by atoms with Crippen molar-refractivity contribution in [2.75, 3.05) is 0 Å². The summed E-state index contributed by atoms with van der Waals surface area (Å²) < 4.78 is 0. The van der Waals surface area contributed by atoms with Crippen LogP contribution in [0.15, 0.2) is 23.1 Å². The molecule has 0 saturated heterocycles. The van der Waals surface area contributed by atoms with Crippen LogP contribution < -0.4 is 0 Å². The van der Waals surface area contributed by atoms with E-state index in [0.717, 1.165) is 4.90 Å². The van der Waals surface area contributed by atoms with Gasteiger partial charge in [-0.15, -0.1) is 11.8 Å². The molecule has 0 aliphatic carbocycles. The summed E-state index contributed by atoms with van der Waals surface area (Å²) in [5, 5.41) is 9.90. The van der Waals surface area contributed by atoms with Crippen LogP contribution in [0.3, 0.4) is 0 Å². The predicted molar refractivity (Wildman–Crippen MR) is 66.3 cm³/mol. The Labute approximate surface area is 100 Å². The number of nitrogens with zero attached hydrogens (tertiary/aromatic N) is 1. The number of hydrogen-bond donors (Lipinski definition) is 0. The average Bonchev–Trinajstić information content (AvgIpc) is 2.20. The second-order valence-corrected chi connectivity index (χ2v) is 5.65. The normalized spacial score (nSPS) is 12.5. The van der Waals surface area contributed by atoms with E-state index in [0.29, 0.717) is 21.8 Å². The van der Waals surface area contributed by atoms with Gasteiger partial charge < -0.3 is 0 Å². The summed E-state index contributed by atoms with van der Waals surface area (Å²) in [5.74, 6) is 0.613. The summed E-state index contributed by atoms with van der Waals surface area (Å²) in [6.45, 7) is 6.56. The molecule has 0 aromatic heterocycles. The summed E-state index contributed by atoms with van der Waals surface area (Å²) in [4.78, 5) is 1.05. The fourth-order valence-electron chi connectivity index (χ4n) is 1.00. The lowest BCUT2D eigenvalue weighted by atomic mass is 10.2. The predicted octanol–water partition coefficient (Wildman–Crippen LogP) is 4.35. The highest BCUT2D eigenvalue weighted by Gasteiger charge is 2.11.